The van der Waals surface area contributed by atoms with Crippen molar-refractivity contribution in [2.45, 2.75) is 57.4 Å². The lowest BCUT2D eigenvalue weighted by atomic mass is 9.74. The first-order chi connectivity index (χ1) is 8.13. The second-order valence-electron chi connectivity index (χ2n) is 5.67. The van der Waals surface area contributed by atoms with Gasteiger partial charge in [-0.25, -0.2) is 4.98 Å². The largest absolute Gasteiger partial charge is 0.338 e. The van der Waals surface area contributed by atoms with Crippen LogP contribution in [0.1, 0.15) is 51.3 Å². The molecule has 0 atom stereocenters. The third-order valence-corrected chi connectivity index (χ3v) is 4.45. The van der Waals surface area contributed by atoms with Crippen LogP contribution in [0.25, 0.3) is 0 Å². The fourth-order valence-corrected chi connectivity index (χ4v) is 2.91. The standard InChI is InChI=1S/C14H25N3/c1-3-12-4-7-14(15,8-5-12)9-6-13-16-10-11-17(13)2/h10-12H,3-9,15H2,1-2H3. The van der Waals surface area contributed by atoms with Gasteiger partial charge < -0.3 is 10.3 Å². The Bertz CT molecular complexity index is 348. The zero-order chi connectivity index (χ0) is 12.3. The van der Waals surface area contributed by atoms with E-state index in [0.717, 1.165) is 24.6 Å². The molecule has 1 aromatic rings. The van der Waals surface area contributed by atoms with Crippen LogP contribution in [0, 0.1) is 5.92 Å². The zero-order valence-corrected chi connectivity index (χ0v) is 11.2. The van der Waals surface area contributed by atoms with Crippen LogP contribution >= 0.6 is 0 Å². The normalized spacial score (nSPS) is 29.5. The van der Waals surface area contributed by atoms with Crippen molar-refractivity contribution in [1.82, 2.24) is 9.55 Å². The Morgan fingerprint density at radius 3 is 2.71 bits per heavy atom. The van der Waals surface area contributed by atoms with Crippen LogP contribution in [0.5, 0.6) is 0 Å². The van der Waals surface area contributed by atoms with Crippen LogP contribution in [0.3, 0.4) is 0 Å². The molecule has 1 saturated carbocycles. The van der Waals surface area contributed by atoms with Crippen LogP contribution in [-0.4, -0.2) is 15.1 Å². The Labute approximate surface area is 104 Å². The number of hydrogen-bond donors (Lipinski definition) is 1. The van der Waals surface area contributed by atoms with Crippen LogP contribution in [-0.2, 0) is 13.5 Å². The molecule has 17 heavy (non-hydrogen) atoms. The number of aromatic nitrogens is 2. The Kier molecular flexibility index (Phi) is 3.87. The molecule has 0 unspecified atom stereocenters. The molecule has 1 fully saturated rings. The minimum Gasteiger partial charge on any atom is -0.338 e. The SMILES string of the molecule is CCC1CCC(N)(CCc2nccn2C)CC1. The maximum Gasteiger partial charge on any atom is 0.108 e. The molecule has 0 radical (unpaired) electrons. The van der Waals surface area contributed by atoms with E-state index in [1.165, 1.54) is 32.1 Å². The zero-order valence-electron chi connectivity index (χ0n) is 11.2. The van der Waals surface area contributed by atoms with Gasteiger partial charge in [-0.15, -0.1) is 0 Å². The van der Waals surface area contributed by atoms with Gasteiger partial charge in [0.1, 0.15) is 5.82 Å². The summed E-state index contributed by atoms with van der Waals surface area (Å²) in [5.74, 6) is 2.08. The molecule has 0 amide bonds. The number of rotatable bonds is 4. The predicted molar refractivity (Wildman–Crippen MR) is 70.7 cm³/mol. The third-order valence-electron chi connectivity index (χ3n) is 4.45. The van der Waals surface area contributed by atoms with Gasteiger partial charge in [0.15, 0.2) is 0 Å². The van der Waals surface area contributed by atoms with Gasteiger partial charge in [-0.1, -0.05) is 13.3 Å². The summed E-state index contributed by atoms with van der Waals surface area (Å²) in [6.45, 7) is 2.29. The van der Waals surface area contributed by atoms with E-state index in [4.69, 9.17) is 5.73 Å². The minimum atomic E-state index is 0.0671. The molecule has 0 bridgehead atoms. The lowest BCUT2D eigenvalue weighted by Gasteiger charge is -2.37. The van der Waals surface area contributed by atoms with Gasteiger partial charge in [-0.3, -0.25) is 0 Å². The number of nitrogens with zero attached hydrogens (tertiary/aromatic N) is 2. The van der Waals surface area contributed by atoms with Crippen molar-refractivity contribution in [1.29, 1.82) is 0 Å². The molecular formula is C14H25N3. The van der Waals surface area contributed by atoms with Crippen molar-refractivity contribution in [3.63, 3.8) is 0 Å². The van der Waals surface area contributed by atoms with Crippen LogP contribution < -0.4 is 5.73 Å². The van der Waals surface area contributed by atoms with E-state index < -0.39 is 0 Å². The highest BCUT2D eigenvalue weighted by Gasteiger charge is 2.30. The second-order valence-corrected chi connectivity index (χ2v) is 5.67. The Morgan fingerprint density at radius 1 is 1.47 bits per heavy atom. The molecule has 0 aliphatic heterocycles. The fraction of sp³-hybridized carbons (Fsp3) is 0.786. The van der Waals surface area contributed by atoms with E-state index in [-0.39, 0.29) is 5.54 Å². The van der Waals surface area contributed by atoms with Gasteiger partial charge in [0.05, 0.1) is 0 Å². The van der Waals surface area contributed by atoms with Crippen LogP contribution in [0.15, 0.2) is 12.4 Å². The molecule has 3 heteroatoms. The molecule has 1 aliphatic carbocycles. The Morgan fingerprint density at radius 2 is 2.18 bits per heavy atom. The molecule has 1 heterocycles. The molecule has 0 saturated heterocycles. The van der Waals surface area contributed by atoms with E-state index >= 15 is 0 Å². The monoisotopic (exact) mass is 235 g/mol. The number of nitrogens with two attached hydrogens (primary N) is 1. The topological polar surface area (TPSA) is 43.8 Å². The highest BCUT2D eigenvalue weighted by atomic mass is 15.0. The summed E-state index contributed by atoms with van der Waals surface area (Å²) in [4.78, 5) is 4.37. The predicted octanol–water partition coefficient (Wildman–Crippen LogP) is 2.65. The maximum atomic E-state index is 6.51. The van der Waals surface area contributed by atoms with Crippen molar-refractivity contribution in [2.24, 2.45) is 18.7 Å². The van der Waals surface area contributed by atoms with Crippen molar-refractivity contribution in [3.8, 4) is 0 Å². The maximum absolute atomic E-state index is 6.51. The lowest BCUT2D eigenvalue weighted by molar-refractivity contribution is 0.217. The second kappa shape index (κ2) is 5.21. The summed E-state index contributed by atoms with van der Waals surface area (Å²) in [5, 5.41) is 0. The average molecular weight is 235 g/mol. The number of hydrogen-bond acceptors (Lipinski definition) is 2. The number of aryl methyl sites for hydroxylation is 2. The van der Waals surface area contributed by atoms with Crippen LogP contribution in [0.2, 0.25) is 0 Å². The van der Waals surface area contributed by atoms with Crippen molar-refractivity contribution < 1.29 is 0 Å². The Hall–Kier alpha value is -0.830. The molecule has 1 aliphatic rings. The van der Waals surface area contributed by atoms with Crippen LogP contribution in [0.4, 0.5) is 0 Å². The smallest absolute Gasteiger partial charge is 0.108 e. The fourth-order valence-electron chi connectivity index (χ4n) is 2.91. The first kappa shape index (κ1) is 12.6. The molecule has 3 nitrogen and oxygen atoms in total. The summed E-state index contributed by atoms with van der Waals surface area (Å²) < 4.78 is 2.10. The van der Waals surface area contributed by atoms with Gasteiger partial charge in [-0.2, -0.15) is 0 Å². The van der Waals surface area contributed by atoms with Crippen molar-refractivity contribution in [3.05, 3.63) is 18.2 Å². The molecule has 96 valence electrons. The van der Waals surface area contributed by atoms with E-state index in [2.05, 4.69) is 23.5 Å². The molecule has 0 aromatic carbocycles. The summed E-state index contributed by atoms with van der Waals surface area (Å²) in [5.41, 5.74) is 6.57. The highest BCUT2D eigenvalue weighted by Crippen LogP contribution is 2.34. The molecule has 0 spiro atoms. The summed E-state index contributed by atoms with van der Waals surface area (Å²) in [7, 11) is 2.06. The molecule has 2 rings (SSSR count). The lowest BCUT2D eigenvalue weighted by Crippen LogP contribution is -2.43. The Balaban J connectivity index is 1.85. The summed E-state index contributed by atoms with van der Waals surface area (Å²) >= 11 is 0. The molecule has 2 N–H and O–H groups in total. The van der Waals surface area contributed by atoms with Gasteiger partial charge >= 0.3 is 0 Å². The van der Waals surface area contributed by atoms with Gasteiger partial charge in [0, 0.05) is 31.4 Å². The molecule has 1 aromatic heterocycles. The first-order valence-corrected chi connectivity index (χ1v) is 6.88. The van der Waals surface area contributed by atoms with Gasteiger partial charge in [-0.05, 0) is 38.0 Å². The third kappa shape index (κ3) is 3.09. The first-order valence-electron chi connectivity index (χ1n) is 6.88. The minimum absolute atomic E-state index is 0.0671. The van der Waals surface area contributed by atoms with E-state index in [1.54, 1.807) is 0 Å². The summed E-state index contributed by atoms with van der Waals surface area (Å²) in [6.07, 6.45) is 12.3. The quantitative estimate of drug-likeness (QED) is 0.872. The molecular weight excluding hydrogens is 210 g/mol. The highest BCUT2D eigenvalue weighted by molar-refractivity contribution is 4.96. The summed E-state index contributed by atoms with van der Waals surface area (Å²) in [6, 6.07) is 0. The average Bonchev–Trinajstić information content (AvgIpc) is 2.74. The van der Waals surface area contributed by atoms with Gasteiger partial charge in [0.25, 0.3) is 0 Å². The number of imidazole rings is 1. The van der Waals surface area contributed by atoms with E-state index in [9.17, 15) is 0 Å². The van der Waals surface area contributed by atoms with Crippen molar-refractivity contribution >= 4 is 0 Å². The van der Waals surface area contributed by atoms with Crippen molar-refractivity contribution in [2.75, 3.05) is 0 Å². The van der Waals surface area contributed by atoms with E-state index in [1.807, 2.05) is 12.4 Å². The van der Waals surface area contributed by atoms with Gasteiger partial charge in [0.2, 0.25) is 0 Å². The van der Waals surface area contributed by atoms with E-state index in [0.29, 0.717) is 0 Å².